The minimum atomic E-state index is 0.697. The lowest BCUT2D eigenvalue weighted by Crippen LogP contribution is -1.95. The maximum atomic E-state index is 5.83. The number of thioether (sulfide) groups is 1. The maximum absolute atomic E-state index is 5.83. The molecule has 0 aliphatic rings. The molecule has 0 bridgehead atoms. The Hall–Kier alpha value is -1.61. The molecule has 2 nitrogen and oxygen atoms in total. The van der Waals surface area contributed by atoms with E-state index in [0.717, 1.165) is 22.8 Å². The number of nitrogens with two attached hydrogens (primary N) is 1. The molecule has 0 amide bonds. The molecule has 2 aromatic rings. The maximum Gasteiger partial charge on any atom is 0.123 e. The molecule has 0 saturated heterocycles. The summed E-state index contributed by atoms with van der Waals surface area (Å²) in [6.45, 7) is 4.74. The van der Waals surface area contributed by atoms with Crippen LogP contribution >= 0.6 is 11.8 Å². The first-order valence-corrected chi connectivity index (χ1v) is 7.39. The summed E-state index contributed by atoms with van der Waals surface area (Å²) in [6.07, 6.45) is 0. The predicted octanol–water partition coefficient (Wildman–Crippen LogP) is 4.27. The van der Waals surface area contributed by atoms with E-state index in [2.05, 4.69) is 18.2 Å². The lowest BCUT2D eigenvalue weighted by molar-refractivity contribution is 0.337. The molecule has 0 aliphatic carbocycles. The van der Waals surface area contributed by atoms with Gasteiger partial charge in [-0.05, 0) is 43.7 Å². The van der Waals surface area contributed by atoms with Crippen LogP contribution in [0.1, 0.15) is 18.1 Å². The standard InChI is InChI=1S/C16H19NOS/c1-3-18-16-7-5-4-6-13(16)11-19-14-8-9-15(17)12(2)10-14/h4-10H,3,11,17H2,1-2H3. The molecule has 3 heteroatoms. The lowest BCUT2D eigenvalue weighted by atomic mass is 10.2. The highest BCUT2D eigenvalue weighted by Gasteiger charge is 2.04. The van der Waals surface area contributed by atoms with Gasteiger partial charge in [-0.15, -0.1) is 11.8 Å². The van der Waals surface area contributed by atoms with Crippen molar-refractivity contribution in [3.05, 3.63) is 53.6 Å². The molecule has 0 heterocycles. The molecule has 0 saturated carbocycles. The van der Waals surface area contributed by atoms with Crippen LogP contribution in [0.5, 0.6) is 5.75 Å². The SMILES string of the molecule is CCOc1ccccc1CSc1ccc(N)c(C)c1. The molecule has 0 spiro atoms. The zero-order valence-electron chi connectivity index (χ0n) is 11.3. The number of hydrogen-bond acceptors (Lipinski definition) is 3. The molecule has 2 rings (SSSR count). The van der Waals surface area contributed by atoms with Crippen molar-refractivity contribution in [3.63, 3.8) is 0 Å². The van der Waals surface area contributed by atoms with Crippen molar-refractivity contribution in [2.45, 2.75) is 24.5 Å². The zero-order valence-corrected chi connectivity index (χ0v) is 12.2. The largest absolute Gasteiger partial charge is 0.494 e. The first-order chi connectivity index (χ1) is 9.20. The number of aryl methyl sites for hydroxylation is 1. The number of nitrogen functional groups attached to an aromatic ring is 1. The average molecular weight is 273 g/mol. The Kier molecular flexibility index (Phi) is 4.74. The van der Waals surface area contributed by atoms with E-state index in [1.54, 1.807) is 11.8 Å². The molecule has 100 valence electrons. The van der Waals surface area contributed by atoms with Crippen LogP contribution in [-0.2, 0) is 5.75 Å². The van der Waals surface area contributed by atoms with Crippen LogP contribution in [0, 0.1) is 6.92 Å². The summed E-state index contributed by atoms with van der Waals surface area (Å²) in [5.74, 6) is 1.88. The molecular formula is C16H19NOS. The Morgan fingerprint density at radius 3 is 2.68 bits per heavy atom. The van der Waals surface area contributed by atoms with Crippen molar-refractivity contribution in [1.29, 1.82) is 0 Å². The summed E-state index contributed by atoms with van der Waals surface area (Å²) >= 11 is 1.80. The normalized spacial score (nSPS) is 10.4. The quantitative estimate of drug-likeness (QED) is 0.652. The minimum absolute atomic E-state index is 0.697. The summed E-state index contributed by atoms with van der Waals surface area (Å²) in [6, 6.07) is 14.3. The van der Waals surface area contributed by atoms with Gasteiger partial charge in [0.2, 0.25) is 0 Å². The van der Waals surface area contributed by atoms with Crippen molar-refractivity contribution < 1.29 is 4.74 Å². The van der Waals surface area contributed by atoms with Gasteiger partial charge in [0.15, 0.2) is 0 Å². The fraction of sp³-hybridized carbons (Fsp3) is 0.250. The molecule has 0 aliphatic heterocycles. The minimum Gasteiger partial charge on any atom is -0.494 e. The monoisotopic (exact) mass is 273 g/mol. The molecule has 2 N–H and O–H groups in total. The molecule has 0 radical (unpaired) electrons. The molecule has 0 aromatic heterocycles. The number of benzene rings is 2. The molecular weight excluding hydrogens is 254 g/mol. The second-order valence-corrected chi connectivity index (χ2v) is 5.40. The Morgan fingerprint density at radius 2 is 1.95 bits per heavy atom. The third-order valence-electron chi connectivity index (χ3n) is 2.91. The van der Waals surface area contributed by atoms with Gasteiger partial charge in [-0.3, -0.25) is 0 Å². The van der Waals surface area contributed by atoms with Crippen LogP contribution in [0.4, 0.5) is 5.69 Å². The first kappa shape index (κ1) is 13.8. The summed E-state index contributed by atoms with van der Waals surface area (Å²) in [5.41, 5.74) is 9.03. The van der Waals surface area contributed by atoms with Gasteiger partial charge in [-0.1, -0.05) is 18.2 Å². The average Bonchev–Trinajstić information content (AvgIpc) is 2.42. The van der Waals surface area contributed by atoms with Crippen LogP contribution < -0.4 is 10.5 Å². The predicted molar refractivity (Wildman–Crippen MR) is 82.8 cm³/mol. The summed E-state index contributed by atoms with van der Waals surface area (Å²) in [7, 11) is 0. The number of para-hydroxylation sites is 1. The van der Waals surface area contributed by atoms with Gasteiger partial charge in [-0.2, -0.15) is 0 Å². The van der Waals surface area contributed by atoms with Crippen LogP contribution in [0.15, 0.2) is 47.4 Å². The Balaban J connectivity index is 2.07. The summed E-state index contributed by atoms with van der Waals surface area (Å²) < 4.78 is 5.63. The molecule has 2 aromatic carbocycles. The van der Waals surface area contributed by atoms with Crippen molar-refractivity contribution in [3.8, 4) is 5.75 Å². The summed E-state index contributed by atoms with van der Waals surface area (Å²) in [4.78, 5) is 1.23. The van der Waals surface area contributed by atoms with Crippen molar-refractivity contribution in [2.75, 3.05) is 12.3 Å². The smallest absolute Gasteiger partial charge is 0.123 e. The molecule has 0 fully saturated rings. The third-order valence-corrected chi connectivity index (χ3v) is 3.95. The topological polar surface area (TPSA) is 35.2 Å². The number of ether oxygens (including phenoxy) is 1. The van der Waals surface area contributed by atoms with E-state index in [0.29, 0.717) is 6.61 Å². The lowest BCUT2D eigenvalue weighted by Gasteiger charge is -2.10. The highest BCUT2D eigenvalue weighted by Crippen LogP contribution is 2.29. The highest BCUT2D eigenvalue weighted by molar-refractivity contribution is 7.98. The van der Waals surface area contributed by atoms with Crippen molar-refractivity contribution >= 4 is 17.4 Å². The Labute approximate surface area is 119 Å². The van der Waals surface area contributed by atoms with Gasteiger partial charge in [0.1, 0.15) is 5.75 Å². The van der Waals surface area contributed by atoms with E-state index in [9.17, 15) is 0 Å². The Bertz CT molecular complexity index is 554. The zero-order chi connectivity index (χ0) is 13.7. The number of anilines is 1. The second-order valence-electron chi connectivity index (χ2n) is 4.35. The van der Waals surface area contributed by atoms with E-state index in [1.165, 1.54) is 10.5 Å². The van der Waals surface area contributed by atoms with Crippen molar-refractivity contribution in [1.82, 2.24) is 0 Å². The van der Waals surface area contributed by atoms with Gasteiger partial charge < -0.3 is 10.5 Å². The molecule has 0 unspecified atom stereocenters. The Morgan fingerprint density at radius 1 is 1.16 bits per heavy atom. The second kappa shape index (κ2) is 6.53. The first-order valence-electron chi connectivity index (χ1n) is 6.40. The van der Waals surface area contributed by atoms with E-state index >= 15 is 0 Å². The molecule has 19 heavy (non-hydrogen) atoms. The molecule has 0 atom stereocenters. The third kappa shape index (κ3) is 3.67. The van der Waals surface area contributed by atoms with Gasteiger partial charge in [0.05, 0.1) is 6.61 Å². The van der Waals surface area contributed by atoms with Gasteiger partial charge in [-0.25, -0.2) is 0 Å². The van der Waals surface area contributed by atoms with Crippen LogP contribution in [0.3, 0.4) is 0 Å². The van der Waals surface area contributed by atoms with Gasteiger partial charge in [0, 0.05) is 21.9 Å². The van der Waals surface area contributed by atoms with Crippen LogP contribution in [0.25, 0.3) is 0 Å². The van der Waals surface area contributed by atoms with Gasteiger partial charge in [0.25, 0.3) is 0 Å². The van der Waals surface area contributed by atoms with E-state index in [-0.39, 0.29) is 0 Å². The highest BCUT2D eigenvalue weighted by atomic mass is 32.2. The van der Waals surface area contributed by atoms with Crippen LogP contribution in [-0.4, -0.2) is 6.61 Å². The summed E-state index contributed by atoms with van der Waals surface area (Å²) in [5, 5.41) is 0. The fourth-order valence-electron chi connectivity index (χ4n) is 1.82. The van der Waals surface area contributed by atoms with Crippen molar-refractivity contribution in [2.24, 2.45) is 0 Å². The van der Waals surface area contributed by atoms with E-state index < -0.39 is 0 Å². The number of rotatable bonds is 5. The van der Waals surface area contributed by atoms with Gasteiger partial charge >= 0.3 is 0 Å². The number of hydrogen-bond donors (Lipinski definition) is 1. The van der Waals surface area contributed by atoms with E-state index in [4.69, 9.17) is 10.5 Å². The van der Waals surface area contributed by atoms with E-state index in [1.807, 2.05) is 38.1 Å². The fourth-order valence-corrected chi connectivity index (χ4v) is 2.80. The van der Waals surface area contributed by atoms with Crippen LogP contribution in [0.2, 0.25) is 0 Å².